The topological polar surface area (TPSA) is 83.2 Å². The molecule has 0 atom stereocenters. The summed E-state index contributed by atoms with van der Waals surface area (Å²) in [5, 5.41) is 3.22. The molecule has 3 aromatic rings. The summed E-state index contributed by atoms with van der Waals surface area (Å²) in [4.78, 5) is 22.3. The molecule has 1 N–H and O–H groups in total. The van der Waals surface area contributed by atoms with Gasteiger partial charge >= 0.3 is 5.97 Å². The zero-order valence-corrected chi connectivity index (χ0v) is 15.8. The molecule has 1 saturated heterocycles. The zero-order valence-electron chi connectivity index (χ0n) is 15.0. The van der Waals surface area contributed by atoms with Gasteiger partial charge in [-0.2, -0.15) is 4.98 Å². The molecule has 0 unspecified atom stereocenters. The van der Waals surface area contributed by atoms with Gasteiger partial charge in [-0.15, -0.1) is 11.3 Å². The molecule has 0 radical (unpaired) electrons. The predicted molar refractivity (Wildman–Crippen MR) is 99.3 cm³/mol. The van der Waals surface area contributed by atoms with Crippen molar-refractivity contribution in [3.05, 3.63) is 22.0 Å². The zero-order chi connectivity index (χ0) is 18.3. The van der Waals surface area contributed by atoms with Crippen LogP contribution >= 0.6 is 11.3 Å². The summed E-state index contributed by atoms with van der Waals surface area (Å²) >= 11 is 1.39. The lowest BCUT2D eigenvalue weighted by molar-refractivity contribution is 0.0606. The van der Waals surface area contributed by atoms with Gasteiger partial charge in [0, 0.05) is 25.1 Å². The maximum Gasteiger partial charge on any atom is 0.348 e. The van der Waals surface area contributed by atoms with E-state index in [1.165, 1.54) is 18.4 Å². The molecule has 0 spiro atoms. The van der Waals surface area contributed by atoms with Crippen LogP contribution in [0.4, 0.5) is 11.6 Å². The van der Waals surface area contributed by atoms with Crippen molar-refractivity contribution in [2.75, 3.05) is 25.6 Å². The van der Waals surface area contributed by atoms with Crippen LogP contribution in [0.2, 0.25) is 0 Å². The number of aryl methyl sites for hydroxylation is 2. The SMILES string of the molecule is COC(=O)c1cc(Nc2ncc3c(n2)n(C2CCOCC2)n3C)c(C)s1. The highest BCUT2D eigenvalue weighted by Gasteiger charge is 2.24. The number of hydrogen-bond donors (Lipinski definition) is 1. The molecule has 138 valence electrons. The highest BCUT2D eigenvalue weighted by atomic mass is 32.1. The monoisotopic (exact) mass is 375 g/mol. The normalized spacial score (nSPS) is 15.5. The molecule has 0 aromatic carbocycles. The Kier molecular flexibility index (Phi) is 4.41. The number of methoxy groups -OCH3 is 1. The molecule has 1 aliphatic rings. The third-order valence-corrected chi connectivity index (χ3v) is 5.76. The Morgan fingerprint density at radius 3 is 2.92 bits per heavy atom. The molecule has 0 aliphatic carbocycles. The lowest BCUT2D eigenvalue weighted by atomic mass is 10.1. The summed E-state index contributed by atoms with van der Waals surface area (Å²) in [6.07, 6.45) is 3.80. The maximum absolute atomic E-state index is 11.7. The van der Waals surface area contributed by atoms with Crippen molar-refractivity contribution >= 4 is 40.1 Å². The van der Waals surface area contributed by atoms with E-state index in [0.29, 0.717) is 16.9 Å². The van der Waals surface area contributed by atoms with E-state index in [0.717, 1.165) is 47.8 Å². The van der Waals surface area contributed by atoms with Gasteiger partial charge in [-0.3, -0.25) is 9.36 Å². The minimum absolute atomic E-state index is 0.337. The van der Waals surface area contributed by atoms with E-state index < -0.39 is 0 Å². The summed E-state index contributed by atoms with van der Waals surface area (Å²) in [7, 11) is 3.41. The Hall–Kier alpha value is -2.39. The summed E-state index contributed by atoms with van der Waals surface area (Å²) in [6, 6.07) is 2.18. The first kappa shape index (κ1) is 17.0. The van der Waals surface area contributed by atoms with Crippen molar-refractivity contribution < 1.29 is 14.3 Å². The summed E-state index contributed by atoms with van der Waals surface area (Å²) in [5.41, 5.74) is 2.76. The van der Waals surface area contributed by atoms with Gasteiger partial charge in [0.1, 0.15) is 10.4 Å². The molecular formula is C17H21N5O3S. The quantitative estimate of drug-likeness (QED) is 0.706. The minimum atomic E-state index is -0.337. The van der Waals surface area contributed by atoms with E-state index in [1.807, 2.05) is 20.2 Å². The average Bonchev–Trinajstić information content (AvgIpc) is 3.02. The summed E-state index contributed by atoms with van der Waals surface area (Å²) in [6.45, 7) is 3.51. The van der Waals surface area contributed by atoms with E-state index in [9.17, 15) is 4.79 Å². The lowest BCUT2D eigenvalue weighted by Crippen LogP contribution is -2.30. The molecule has 3 aromatic heterocycles. The minimum Gasteiger partial charge on any atom is -0.465 e. The molecule has 0 amide bonds. The molecule has 0 bridgehead atoms. The van der Waals surface area contributed by atoms with Crippen LogP contribution in [-0.2, 0) is 16.5 Å². The molecule has 8 nitrogen and oxygen atoms in total. The van der Waals surface area contributed by atoms with E-state index >= 15 is 0 Å². The smallest absolute Gasteiger partial charge is 0.348 e. The number of nitrogens with one attached hydrogen (secondary N) is 1. The standard InChI is InChI=1S/C17H21N5O3S/c1-10-12(8-14(26-10)16(23)24-3)19-17-18-9-13-15(20-17)22(21(13)2)11-4-6-25-7-5-11/h8-9,11H,4-7H2,1-3H3,(H,18,19,20). The Balaban J connectivity index is 1.62. The van der Waals surface area contributed by atoms with Crippen molar-refractivity contribution in [1.82, 2.24) is 19.3 Å². The van der Waals surface area contributed by atoms with E-state index in [2.05, 4.69) is 24.6 Å². The van der Waals surface area contributed by atoms with Crippen LogP contribution in [0.15, 0.2) is 12.3 Å². The second-order valence-corrected chi connectivity index (χ2v) is 7.57. The van der Waals surface area contributed by atoms with Crippen LogP contribution in [0.1, 0.15) is 33.4 Å². The van der Waals surface area contributed by atoms with Crippen molar-refractivity contribution in [3.63, 3.8) is 0 Å². The highest BCUT2D eigenvalue weighted by molar-refractivity contribution is 7.14. The number of carbonyl (C=O) groups excluding carboxylic acids is 1. The number of hydrogen-bond acceptors (Lipinski definition) is 7. The molecule has 9 heteroatoms. The maximum atomic E-state index is 11.7. The van der Waals surface area contributed by atoms with Crippen LogP contribution in [0, 0.1) is 6.92 Å². The molecule has 26 heavy (non-hydrogen) atoms. The summed E-state index contributed by atoms with van der Waals surface area (Å²) < 4.78 is 14.6. The van der Waals surface area contributed by atoms with Crippen molar-refractivity contribution in [1.29, 1.82) is 0 Å². The van der Waals surface area contributed by atoms with Crippen LogP contribution in [-0.4, -0.2) is 45.6 Å². The van der Waals surface area contributed by atoms with E-state index in [1.54, 1.807) is 6.07 Å². The number of nitrogens with zero attached hydrogens (tertiary/aromatic N) is 4. The lowest BCUT2D eigenvalue weighted by Gasteiger charge is -2.32. The fourth-order valence-corrected chi connectivity index (χ4v) is 4.21. The highest BCUT2D eigenvalue weighted by Crippen LogP contribution is 2.31. The number of rotatable bonds is 4. The molecule has 4 rings (SSSR count). The Bertz CT molecular complexity index is 951. The second kappa shape index (κ2) is 6.73. The molecule has 1 fully saturated rings. The fourth-order valence-electron chi connectivity index (χ4n) is 3.31. The first-order valence-corrected chi connectivity index (χ1v) is 9.33. The third-order valence-electron chi connectivity index (χ3n) is 4.73. The Labute approximate surface area is 154 Å². The number of fused-ring (bicyclic) bond motifs is 1. The molecule has 1 aliphatic heterocycles. The van der Waals surface area contributed by atoms with Gasteiger partial charge in [-0.1, -0.05) is 0 Å². The van der Waals surface area contributed by atoms with E-state index in [4.69, 9.17) is 9.47 Å². The van der Waals surface area contributed by atoms with Gasteiger partial charge in [0.25, 0.3) is 0 Å². The van der Waals surface area contributed by atoms with Crippen molar-refractivity contribution in [2.45, 2.75) is 25.8 Å². The van der Waals surface area contributed by atoms with Crippen molar-refractivity contribution in [2.24, 2.45) is 7.05 Å². The van der Waals surface area contributed by atoms with Gasteiger partial charge in [0.2, 0.25) is 5.95 Å². The number of anilines is 2. The van der Waals surface area contributed by atoms with Crippen LogP contribution in [0.5, 0.6) is 0 Å². The second-order valence-electron chi connectivity index (χ2n) is 6.31. The fraction of sp³-hybridized carbons (Fsp3) is 0.471. The Morgan fingerprint density at radius 2 is 2.19 bits per heavy atom. The van der Waals surface area contributed by atoms with Gasteiger partial charge in [0.05, 0.1) is 25.0 Å². The number of carbonyl (C=O) groups is 1. The molecular weight excluding hydrogens is 354 g/mol. The van der Waals surface area contributed by atoms with Gasteiger partial charge < -0.3 is 14.8 Å². The van der Waals surface area contributed by atoms with E-state index in [-0.39, 0.29) is 5.97 Å². The van der Waals surface area contributed by atoms with Crippen LogP contribution in [0.25, 0.3) is 11.2 Å². The first-order chi connectivity index (χ1) is 12.6. The number of esters is 1. The molecule has 4 heterocycles. The summed E-state index contributed by atoms with van der Waals surface area (Å²) in [5.74, 6) is 0.183. The number of thiophene rings is 1. The van der Waals surface area contributed by atoms with Crippen molar-refractivity contribution in [3.8, 4) is 0 Å². The van der Waals surface area contributed by atoms with Crippen LogP contribution < -0.4 is 5.32 Å². The number of aromatic nitrogens is 4. The Morgan fingerprint density at radius 1 is 1.42 bits per heavy atom. The van der Waals surface area contributed by atoms with Gasteiger partial charge in [-0.25, -0.2) is 9.78 Å². The molecule has 0 saturated carbocycles. The average molecular weight is 375 g/mol. The number of ether oxygens (including phenoxy) is 2. The van der Waals surface area contributed by atoms with Crippen LogP contribution in [0.3, 0.4) is 0 Å². The largest absolute Gasteiger partial charge is 0.465 e. The predicted octanol–water partition coefficient (Wildman–Crippen LogP) is 3.02. The third kappa shape index (κ3) is 2.86. The van der Waals surface area contributed by atoms with Gasteiger partial charge in [0.15, 0.2) is 5.65 Å². The first-order valence-electron chi connectivity index (χ1n) is 8.52. The van der Waals surface area contributed by atoms with Gasteiger partial charge in [-0.05, 0) is 25.8 Å².